The molecule has 1 amide bonds. The number of carboxylic acid groups (broad SMARTS) is 1. The van der Waals surface area contributed by atoms with Crippen molar-refractivity contribution in [1.29, 1.82) is 0 Å². The van der Waals surface area contributed by atoms with Gasteiger partial charge >= 0.3 is 5.97 Å². The van der Waals surface area contributed by atoms with Crippen LogP contribution in [-0.2, 0) is 11.2 Å². The number of carboxylic acids is 1. The minimum Gasteiger partial charge on any atom is -0.478 e. The van der Waals surface area contributed by atoms with Crippen LogP contribution in [0.2, 0.25) is 0 Å². The van der Waals surface area contributed by atoms with Crippen LogP contribution in [0.1, 0.15) is 35.3 Å². The lowest BCUT2D eigenvalue weighted by Crippen LogP contribution is -2.39. The van der Waals surface area contributed by atoms with Gasteiger partial charge in [-0.2, -0.15) is 5.10 Å². The molecule has 0 radical (unpaired) electrons. The third-order valence-corrected chi connectivity index (χ3v) is 3.98. The molecule has 1 aromatic carbocycles. The number of aromatic nitrogens is 2. The van der Waals surface area contributed by atoms with E-state index in [9.17, 15) is 9.59 Å². The number of hydrogen-bond donors (Lipinski definition) is 1. The van der Waals surface area contributed by atoms with E-state index in [1.165, 1.54) is 22.6 Å². The quantitative estimate of drug-likeness (QED) is 0.942. The molecule has 1 unspecified atom stereocenters. The first kappa shape index (κ1) is 14.3. The van der Waals surface area contributed by atoms with Crippen LogP contribution in [0, 0.1) is 0 Å². The number of hydrogen-bond acceptors (Lipinski definition) is 3. The largest absolute Gasteiger partial charge is 0.478 e. The summed E-state index contributed by atoms with van der Waals surface area (Å²) in [6.45, 7) is 2.41. The summed E-state index contributed by atoms with van der Waals surface area (Å²) in [5.74, 6) is -1.12. The standard InChI is InChI=1S/C16H17N3O3/c1-11(19-10-13(9-17-19)16(21)22)15(20)18-8-4-6-12-5-2-3-7-14(12)18/h2-3,5,7,9-11H,4,6,8H2,1H3,(H,21,22). The minimum absolute atomic E-state index is 0.0767. The van der Waals surface area contributed by atoms with Crippen molar-refractivity contribution < 1.29 is 14.7 Å². The Morgan fingerprint density at radius 3 is 2.82 bits per heavy atom. The molecule has 6 heteroatoms. The predicted molar refractivity (Wildman–Crippen MR) is 81.0 cm³/mol. The number of para-hydroxylation sites is 1. The number of anilines is 1. The molecular weight excluding hydrogens is 282 g/mol. The third-order valence-electron chi connectivity index (χ3n) is 3.98. The second-order valence-corrected chi connectivity index (χ2v) is 5.41. The Kier molecular flexibility index (Phi) is 3.66. The molecule has 0 saturated heterocycles. The minimum atomic E-state index is -1.05. The van der Waals surface area contributed by atoms with Crippen molar-refractivity contribution in [2.24, 2.45) is 0 Å². The topological polar surface area (TPSA) is 75.4 Å². The van der Waals surface area contributed by atoms with Crippen LogP contribution in [0.15, 0.2) is 36.7 Å². The molecule has 0 fully saturated rings. The number of nitrogens with zero attached hydrogens (tertiary/aromatic N) is 3. The van der Waals surface area contributed by atoms with E-state index in [4.69, 9.17) is 5.11 Å². The highest BCUT2D eigenvalue weighted by atomic mass is 16.4. The molecule has 1 aliphatic heterocycles. The molecule has 0 saturated carbocycles. The molecule has 2 aromatic rings. The zero-order valence-corrected chi connectivity index (χ0v) is 12.3. The van der Waals surface area contributed by atoms with E-state index in [0.717, 1.165) is 18.5 Å². The Hall–Kier alpha value is -2.63. The summed E-state index contributed by atoms with van der Waals surface area (Å²) < 4.78 is 1.41. The highest BCUT2D eigenvalue weighted by Crippen LogP contribution is 2.28. The smallest absolute Gasteiger partial charge is 0.338 e. The third kappa shape index (κ3) is 2.47. The molecule has 1 aromatic heterocycles. The molecule has 22 heavy (non-hydrogen) atoms. The van der Waals surface area contributed by atoms with Crippen molar-refractivity contribution in [2.45, 2.75) is 25.8 Å². The molecule has 6 nitrogen and oxygen atoms in total. The van der Waals surface area contributed by atoms with Crippen molar-refractivity contribution in [3.8, 4) is 0 Å². The molecule has 1 aliphatic rings. The molecule has 114 valence electrons. The summed E-state index contributed by atoms with van der Waals surface area (Å²) in [5.41, 5.74) is 2.19. The Bertz CT molecular complexity index is 723. The van der Waals surface area contributed by atoms with Crippen molar-refractivity contribution >= 4 is 17.6 Å². The van der Waals surface area contributed by atoms with Gasteiger partial charge in [0.25, 0.3) is 5.91 Å². The van der Waals surface area contributed by atoms with Crippen molar-refractivity contribution in [2.75, 3.05) is 11.4 Å². The highest BCUT2D eigenvalue weighted by Gasteiger charge is 2.27. The Balaban J connectivity index is 1.86. The predicted octanol–water partition coefficient (Wildman–Crippen LogP) is 2.12. The van der Waals surface area contributed by atoms with Crippen LogP contribution in [0.3, 0.4) is 0 Å². The van der Waals surface area contributed by atoms with Crippen molar-refractivity contribution in [3.63, 3.8) is 0 Å². The number of benzene rings is 1. The number of carbonyl (C=O) groups excluding carboxylic acids is 1. The normalized spacial score (nSPS) is 15.2. The fourth-order valence-electron chi connectivity index (χ4n) is 2.76. The Labute approximate surface area is 128 Å². The summed E-state index contributed by atoms with van der Waals surface area (Å²) in [6, 6.07) is 7.34. The first-order valence-electron chi connectivity index (χ1n) is 7.24. The molecule has 0 aliphatic carbocycles. The number of aryl methyl sites for hydroxylation is 1. The molecule has 1 atom stereocenters. The van der Waals surface area contributed by atoms with Crippen LogP contribution in [0.4, 0.5) is 5.69 Å². The Morgan fingerprint density at radius 1 is 1.32 bits per heavy atom. The lowest BCUT2D eigenvalue weighted by atomic mass is 10.0. The fourth-order valence-corrected chi connectivity index (χ4v) is 2.76. The number of carbonyl (C=O) groups is 2. The van der Waals surface area contributed by atoms with Crippen molar-refractivity contribution in [3.05, 3.63) is 47.8 Å². The lowest BCUT2D eigenvalue weighted by molar-refractivity contribution is -0.121. The van der Waals surface area contributed by atoms with Crippen molar-refractivity contribution in [1.82, 2.24) is 9.78 Å². The van der Waals surface area contributed by atoms with Gasteiger partial charge in [0.15, 0.2) is 0 Å². The number of aromatic carboxylic acids is 1. The van der Waals surface area contributed by atoms with Gasteiger partial charge in [0, 0.05) is 18.4 Å². The van der Waals surface area contributed by atoms with Gasteiger partial charge in [-0.3, -0.25) is 9.48 Å². The van der Waals surface area contributed by atoms with Gasteiger partial charge in [-0.25, -0.2) is 4.79 Å². The lowest BCUT2D eigenvalue weighted by Gasteiger charge is -2.31. The fraction of sp³-hybridized carbons (Fsp3) is 0.312. The summed E-state index contributed by atoms with van der Waals surface area (Å²) in [5, 5.41) is 12.9. The molecular formula is C16H17N3O3. The van der Waals surface area contributed by atoms with E-state index in [1.807, 2.05) is 24.3 Å². The van der Waals surface area contributed by atoms with Gasteiger partial charge in [-0.1, -0.05) is 18.2 Å². The number of rotatable bonds is 3. The summed E-state index contributed by atoms with van der Waals surface area (Å²) in [7, 11) is 0. The molecule has 3 rings (SSSR count). The van der Waals surface area contributed by atoms with E-state index in [2.05, 4.69) is 5.10 Å². The van der Waals surface area contributed by atoms with Gasteiger partial charge in [0.1, 0.15) is 6.04 Å². The second kappa shape index (κ2) is 5.63. The van der Waals surface area contributed by atoms with E-state index >= 15 is 0 Å². The summed E-state index contributed by atoms with van der Waals surface area (Å²) in [6.07, 6.45) is 4.55. The Morgan fingerprint density at radius 2 is 2.09 bits per heavy atom. The molecule has 2 heterocycles. The first-order valence-corrected chi connectivity index (χ1v) is 7.24. The second-order valence-electron chi connectivity index (χ2n) is 5.41. The summed E-state index contributed by atoms with van der Waals surface area (Å²) >= 11 is 0. The van der Waals surface area contributed by atoms with Gasteiger partial charge in [0.2, 0.25) is 0 Å². The zero-order chi connectivity index (χ0) is 15.7. The molecule has 0 bridgehead atoms. The average molecular weight is 299 g/mol. The van der Waals surface area contributed by atoms with Crippen LogP contribution >= 0.6 is 0 Å². The summed E-state index contributed by atoms with van der Waals surface area (Å²) in [4.78, 5) is 25.5. The first-order chi connectivity index (χ1) is 10.6. The molecule has 1 N–H and O–H groups in total. The SMILES string of the molecule is CC(C(=O)N1CCCc2ccccc21)n1cc(C(=O)O)cn1. The monoisotopic (exact) mass is 299 g/mol. The van der Waals surface area contributed by atoms with E-state index < -0.39 is 12.0 Å². The zero-order valence-electron chi connectivity index (χ0n) is 12.3. The van der Waals surface area contributed by atoms with Crippen LogP contribution in [0.25, 0.3) is 0 Å². The van der Waals surface area contributed by atoms with Gasteiger partial charge in [-0.05, 0) is 31.4 Å². The van der Waals surface area contributed by atoms with Crippen LogP contribution < -0.4 is 4.90 Å². The van der Waals surface area contributed by atoms with E-state index in [-0.39, 0.29) is 11.5 Å². The van der Waals surface area contributed by atoms with Gasteiger partial charge in [0.05, 0.1) is 11.8 Å². The van der Waals surface area contributed by atoms with Crippen LogP contribution in [-0.4, -0.2) is 33.3 Å². The van der Waals surface area contributed by atoms with Crippen LogP contribution in [0.5, 0.6) is 0 Å². The van der Waals surface area contributed by atoms with Gasteiger partial charge < -0.3 is 10.0 Å². The average Bonchev–Trinajstić information content (AvgIpc) is 3.03. The highest BCUT2D eigenvalue weighted by molar-refractivity contribution is 5.97. The van der Waals surface area contributed by atoms with E-state index in [1.54, 1.807) is 11.8 Å². The maximum absolute atomic E-state index is 12.8. The maximum atomic E-state index is 12.8. The maximum Gasteiger partial charge on any atom is 0.338 e. The van der Waals surface area contributed by atoms with Gasteiger partial charge in [-0.15, -0.1) is 0 Å². The number of amides is 1. The van der Waals surface area contributed by atoms with E-state index in [0.29, 0.717) is 6.54 Å². The number of fused-ring (bicyclic) bond motifs is 1. The molecule has 0 spiro atoms.